The van der Waals surface area contributed by atoms with Crippen LogP contribution in [0.1, 0.15) is 28.9 Å². The number of halogens is 1. The average Bonchev–Trinajstić information content (AvgIpc) is 2.47. The molecule has 3 rings (SSSR count). The molecule has 0 radical (unpaired) electrons. The standard InChI is InChI=1S/C17H20FN3/c1-10-7-13(18)4-5-14(10)17-20-11(2)15-8-12(9-19)3-6-16(15)21-17/h4-5,7,12H,3,6,8-9,19H2,1-2H3. The van der Waals surface area contributed by atoms with Gasteiger partial charge in [-0.25, -0.2) is 14.4 Å². The molecule has 0 fully saturated rings. The van der Waals surface area contributed by atoms with Crippen LogP contribution in [0.3, 0.4) is 0 Å². The lowest BCUT2D eigenvalue weighted by molar-refractivity contribution is 0.460. The molecule has 0 aliphatic heterocycles. The highest BCUT2D eigenvalue weighted by Gasteiger charge is 2.22. The summed E-state index contributed by atoms with van der Waals surface area (Å²) in [6, 6.07) is 4.75. The van der Waals surface area contributed by atoms with Crippen LogP contribution in [0.2, 0.25) is 0 Å². The van der Waals surface area contributed by atoms with Gasteiger partial charge in [0, 0.05) is 17.0 Å². The minimum Gasteiger partial charge on any atom is -0.330 e. The highest BCUT2D eigenvalue weighted by molar-refractivity contribution is 5.60. The van der Waals surface area contributed by atoms with E-state index < -0.39 is 0 Å². The van der Waals surface area contributed by atoms with E-state index in [-0.39, 0.29) is 5.82 Å². The van der Waals surface area contributed by atoms with Crippen LogP contribution >= 0.6 is 0 Å². The molecule has 0 amide bonds. The Morgan fingerprint density at radius 2 is 2.10 bits per heavy atom. The fourth-order valence-electron chi connectivity index (χ4n) is 3.06. The molecule has 4 heteroatoms. The highest BCUT2D eigenvalue weighted by atomic mass is 19.1. The predicted octanol–water partition coefficient (Wildman–Crippen LogP) is 2.96. The molecule has 1 unspecified atom stereocenters. The molecule has 0 spiro atoms. The first-order valence-electron chi connectivity index (χ1n) is 7.41. The van der Waals surface area contributed by atoms with Crippen molar-refractivity contribution in [3.05, 3.63) is 46.5 Å². The summed E-state index contributed by atoms with van der Waals surface area (Å²) < 4.78 is 13.2. The van der Waals surface area contributed by atoms with Crippen LogP contribution in [-0.4, -0.2) is 16.5 Å². The van der Waals surface area contributed by atoms with Gasteiger partial charge in [0.25, 0.3) is 0 Å². The van der Waals surface area contributed by atoms with Crippen molar-refractivity contribution in [1.29, 1.82) is 0 Å². The molecule has 110 valence electrons. The number of nitrogens with zero attached hydrogens (tertiary/aromatic N) is 2. The zero-order chi connectivity index (χ0) is 15.0. The molecule has 0 bridgehead atoms. The zero-order valence-corrected chi connectivity index (χ0v) is 12.5. The monoisotopic (exact) mass is 285 g/mol. The van der Waals surface area contributed by atoms with Gasteiger partial charge in [0.05, 0.1) is 0 Å². The second kappa shape index (κ2) is 5.53. The van der Waals surface area contributed by atoms with Crippen molar-refractivity contribution in [2.75, 3.05) is 6.54 Å². The normalized spacial score (nSPS) is 17.6. The number of rotatable bonds is 2. The number of aromatic nitrogens is 2. The lowest BCUT2D eigenvalue weighted by Gasteiger charge is -2.24. The fourth-order valence-corrected chi connectivity index (χ4v) is 3.06. The van der Waals surface area contributed by atoms with Gasteiger partial charge in [-0.05, 0) is 74.9 Å². The third kappa shape index (κ3) is 2.68. The predicted molar refractivity (Wildman–Crippen MR) is 81.5 cm³/mol. The molecule has 0 saturated carbocycles. The number of hydrogen-bond donors (Lipinski definition) is 1. The Morgan fingerprint density at radius 3 is 2.81 bits per heavy atom. The van der Waals surface area contributed by atoms with Crippen molar-refractivity contribution in [2.24, 2.45) is 11.7 Å². The van der Waals surface area contributed by atoms with Gasteiger partial charge in [-0.1, -0.05) is 0 Å². The van der Waals surface area contributed by atoms with Gasteiger partial charge in [-0.3, -0.25) is 0 Å². The van der Waals surface area contributed by atoms with Crippen LogP contribution in [0.4, 0.5) is 4.39 Å². The van der Waals surface area contributed by atoms with E-state index in [1.165, 1.54) is 17.7 Å². The molecular weight excluding hydrogens is 265 g/mol. The minimum atomic E-state index is -0.225. The fraction of sp³-hybridized carbons (Fsp3) is 0.412. The van der Waals surface area contributed by atoms with Crippen molar-refractivity contribution in [2.45, 2.75) is 33.1 Å². The Balaban J connectivity index is 2.04. The molecule has 1 atom stereocenters. The molecular formula is C17H20FN3. The van der Waals surface area contributed by atoms with E-state index in [4.69, 9.17) is 10.7 Å². The third-order valence-corrected chi connectivity index (χ3v) is 4.34. The topological polar surface area (TPSA) is 51.8 Å². The van der Waals surface area contributed by atoms with E-state index in [1.54, 1.807) is 6.07 Å². The van der Waals surface area contributed by atoms with Gasteiger partial charge < -0.3 is 5.73 Å². The van der Waals surface area contributed by atoms with E-state index in [2.05, 4.69) is 4.98 Å². The van der Waals surface area contributed by atoms with Gasteiger partial charge in [0.15, 0.2) is 5.82 Å². The van der Waals surface area contributed by atoms with Crippen LogP contribution < -0.4 is 5.73 Å². The Kier molecular flexibility index (Phi) is 3.72. The van der Waals surface area contributed by atoms with E-state index >= 15 is 0 Å². The summed E-state index contributed by atoms with van der Waals surface area (Å²) in [6.45, 7) is 4.64. The zero-order valence-electron chi connectivity index (χ0n) is 12.5. The minimum absolute atomic E-state index is 0.225. The first-order valence-corrected chi connectivity index (χ1v) is 7.41. The van der Waals surface area contributed by atoms with Crippen LogP contribution in [0.25, 0.3) is 11.4 Å². The van der Waals surface area contributed by atoms with Crippen LogP contribution in [0.5, 0.6) is 0 Å². The maximum atomic E-state index is 13.2. The summed E-state index contributed by atoms with van der Waals surface area (Å²) in [7, 11) is 0. The molecule has 1 aliphatic carbocycles. The summed E-state index contributed by atoms with van der Waals surface area (Å²) in [4.78, 5) is 9.37. The Morgan fingerprint density at radius 1 is 1.29 bits per heavy atom. The summed E-state index contributed by atoms with van der Waals surface area (Å²) in [5, 5.41) is 0. The molecule has 3 nitrogen and oxygen atoms in total. The van der Waals surface area contributed by atoms with Gasteiger partial charge in [0.1, 0.15) is 5.82 Å². The van der Waals surface area contributed by atoms with Crippen molar-refractivity contribution >= 4 is 0 Å². The maximum Gasteiger partial charge on any atom is 0.159 e. The summed E-state index contributed by atoms with van der Waals surface area (Å²) in [6.07, 6.45) is 3.01. The van der Waals surface area contributed by atoms with Crippen LogP contribution in [0.15, 0.2) is 18.2 Å². The molecule has 2 aromatic rings. The van der Waals surface area contributed by atoms with E-state index in [0.717, 1.165) is 48.3 Å². The third-order valence-electron chi connectivity index (χ3n) is 4.34. The van der Waals surface area contributed by atoms with E-state index in [1.807, 2.05) is 13.8 Å². The Bertz CT molecular complexity index is 682. The van der Waals surface area contributed by atoms with Gasteiger partial charge >= 0.3 is 0 Å². The lowest BCUT2D eigenvalue weighted by atomic mass is 9.86. The van der Waals surface area contributed by atoms with E-state index in [0.29, 0.717) is 11.7 Å². The largest absolute Gasteiger partial charge is 0.330 e. The lowest BCUT2D eigenvalue weighted by Crippen LogP contribution is -2.24. The first kappa shape index (κ1) is 14.1. The summed E-state index contributed by atoms with van der Waals surface area (Å²) in [5.74, 6) is 1.02. The van der Waals surface area contributed by atoms with Crippen molar-refractivity contribution in [3.8, 4) is 11.4 Å². The van der Waals surface area contributed by atoms with E-state index in [9.17, 15) is 4.39 Å². The quantitative estimate of drug-likeness (QED) is 0.923. The maximum absolute atomic E-state index is 13.2. The van der Waals surface area contributed by atoms with Gasteiger partial charge in [-0.2, -0.15) is 0 Å². The average molecular weight is 285 g/mol. The SMILES string of the molecule is Cc1cc(F)ccc1-c1nc(C)c2c(n1)CCC(CN)C2. The molecule has 1 aromatic heterocycles. The number of benzene rings is 1. The molecule has 1 heterocycles. The number of aryl methyl sites for hydroxylation is 3. The number of nitrogens with two attached hydrogens (primary N) is 1. The van der Waals surface area contributed by atoms with Gasteiger partial charge in [0.2, 0.25) is 0 Å². The number of hydrogen-bond acceptors (Lipinski definition) is 3. The van der Waals surface area contributed by atoms with Crippen LogP contribution in [-0.2, 0) is 12.8 Å². The molecule has 1 aliphatic rings. The van der Waals surface area contributed by atoms with Crippen LogP contribution in [0, 0.1) is 25.6 Å². The Hall–Kier alpha value is -1.81. The smallest absolute Gasteiger partial charge is 0.159 e. The molecule has 1 aromatic carbocycles. The Labute approximate surface area is 124 Å². The molecule has 2 N–H and O–H groups in total. The van der Waals surface area contributed by atoms with Crippen molar-refractivity contribution in [3.63, 3.8) is 0 Å². The first-order chi connectivity index (χ1) is 10.1. The molecule has 0 saturated heterocycles. The second-order valence-electron chi connectivity index (χ2n) is 5.86. The number of fused-ring (bicyclic) bond motifs is 1. The van der Waals surface area contributed by atoms with Gasteiger partial charge in [-0.15, -0.1) is 0 Å². The summed E-state index contributed by atoms with van der Waals surface area (Å²) in [5.41, 5.74) is 11.0. The van der Waals surface area contributed by atoms with Crippen molar-refractivity contribution in [1.82, 2.24) is 9.97 Å². The summed E-state index contributed by atoms with van der Waals surface area (Å²) >= 11 is 0. The second-order valence-corrected chi connectivity index (χ2v) is 5.86. The highest BCUT2D eigenvalue weighted by Crippen LogP contribution is 2.29. The van der Waals surface area contributed by atoms with Crippen molar-refractivity contribution < 1.29 is 4.39 Å². The molecule has 21 heavy (non-hydrogen) atoms.